The van der Waals surface area contributed by atoms with E-state index in [1.165, 1.54) is 6.20 Å². The van der Waals surface area contributed by atoms with E-state index in [0.29, 0.717) is 18.2 Å². The Morgan fingerprint density at radius 3 is 2.77 bits per heavy atom. The minimum atomic E-state index is -0.414. The Bertz CT molecular complexity index is 1150. The summed E-state index contributed by atoms with van der Waals surface area (Å²) < 4.78 is 3.66. The standard InChI is InChI=1S/C20H21ClN8O/c1-3-27(4-2)20-22-10-16(21)18(26-20)19(30)25-14-9-23-29(12-14)13-15-11-28-8-6-5-7-17(28)24-15/h5-12H,3-4,13H2,1-2H3,(H,25,30). The van der Waals surface area contributed by atoms with E-state index < -0.39 is 5.91 Å². The Labute approximate surface area is 178 Å². The maximum absolute atomic E-state index is 12.7. The molecule has 0 spiro atoms. The first-order valence-corrected chi connectivity index (χ1v) is 9.99. The largest absolute Gasteiger partial charge is 0.341 e. The summed E-state index contributed by atoms with van der Waals surface area (Å²) in [4.78, 5) is 27.8. The van der Waals surface area contributed by atoms with Gasteiger partial charge in [0.1, 0.15) is 5.65 Å². The summed E-state index contributed by atoms with van der Waals surface area (Å²) in [6.45, 7) is 5.94. The monoisotopic (exact) mass is 424 g/mol. The molecule has 0 saturated carbocycles. The molecule has 0 bridgehead atoms. The molecule has 4 heterocycles. The third-order valence-corrected chi connectivity index (χ3v) is 4.90. The predicted molar refractivity (Wildman–Crippen MR) is 115 cm³/mol. The van der Waals surface area contributed by atoms with Crippen molar-refractivity contribution in [3.63, 3.8) is 0 Å². The van der Waals surface area contributed by atoms with Crippen molar-refractivity contribution in [3.8, 4) is 0 Å². The number of amides is 1. The molecule has 30 heavy (non-hydrogen) atoms. The van der Waals surface area contributed by atoms with Crippen molar-refractivity contribution in [3.05, 3.63) is 65.6 Å². The lowest BCUT2D eigenvalue weighted by molar-refractivity contribution is 0.102. The molecule has 10 heteroatoms. The highest BCUT2D eigenvalue weighted by Gasteiger charge is 2.17. The second-order valence-corrected chi connectivity index (χ2v) is 7.03. The predicted octanol–water partition coefficient (Wildman–Crippen LogP) is 3.12. The number of anilines is 2. The van der Waals surface area contributed by atoms with Gasteiger partial charge in [-0.1, -0.05) is 17.7 Å². The summed E-state index contributed by atoms with van der Waals surface area (Å²) in [7, 11) is 0. The van der Waals surface area contributed by atoms with E-state index in [-0.39, 0.29) is 10.7 Å². The quantitative estimate of drug-likeness (QED) is 0.490. The van der Waals surface area contributed by atoms with E-state index >= 15 is 0 Å². The van der Waals surface area contributed by atoms with Crippen molar-refractivity contribution in [1.82, 2.24) is 29.1 Å². The fraction of sp³-hybridized carbons (Fsp3) is 0.250. The third kappa shape index (κ3) is 4.11. The van der Waals surface area contributed by atoms with Crippen LogP contribution in [0.5, 0.6) is 0 Å². The molecular formula is C20H21ClN8O. The SMILES string of the molecule is CCN(CC)c1ncc(Cl)c(C(=O)Nc2cnn(Cc3cn4ccccc4n3)c2)n1. The van der Waals surface area contributed by atoms with Crippen LogP contribution in [0, 0.1) is 0 Å². The lowest BCUT2D eigenvalue weighted by atomic mass is 10.3. The van der Waals surface area contributed by atoms with Crippen LogP contribution in [-0.4, -0.2) is 48.1 Å². The number of nitrogens with one attached hydrogen (secondary N) is 1. The number of carbonyl (C=O) groups is 1. The molecule has 0 aliphatic heterocycles. The molecule has 1 amide bonds. The van der Waals surface area contributed by atoms with Crippen LogP contribution < -0.4 is 10.2 Å². The van der Waals surface area contributed by atoms with Crippen LogP contribution in [0.2, 0.25) is 5.02 Å². The Morgan fingerprint density at radius 1 is 1.17 bits per heavy atom. The normalized spacial score (nSPS) is 11.0. The summed E-state index contributed by atoms with van der Waals surface area (Å²) in [5.74, 6) is 0.0557. The van der Waals surface area contributed by atoms with Gasteiger partial charge in [-0.25, -0.2) is 15.0 Å². The van der Waals surface area contributed by atoms with Gasteiger partial charge in [0.2, 0.25) is 5.95 Å². The zero-order chi connectivity index (χ0) is 21.1. The maximum atomic E-state index is 12.7. The molecule has 4 aromatic heterocycles. The zero-order valence-electron chi connectivity index (χ0n) is 16.7. The minimum Gasteiger partial charge on any atom is -0.341 e. The number of nitrogens with zero attached hydrogens (tertiary/aromatic N) is 7. The smallest absolute Gasteiger partial charge is 0.276 e. The molecule has 0 unspecified atom stereocenters. The van der Waals surface area contributed by atoms with Crippen LogP contribution in [0.25, 0.3) is 5.65 Å². The number of carbonyl (C=O) groups excluding carboxylic acids is 1. The number of imidazole rings is 1. The van der Waals surface area contributed by atoms with Crippen molar-refractivity contribution in [1.29, 1.82) is 0 Å². The van der Waals surface area contributed by atoms with Gasteiger partial charge in [-0.3, -0.25) is 9.48 Å². The molecule has 0 radical (unpaired) electrons. The van der Waals surface area contributed by atoms with Crippen molar-refractivity contribution >= 4 is 34.8 Å². The Morgan fingerprint density at radius 2 is 2.00 bits per heavy atom. The van der Waals surface area contributed by atoms with Crippen molar-refractivity contribution in [2.45, 2.75) is 20.4 Å². The highest BCUT2D eigenvalue weighted by Crippen LogP contribution is 2.18. The summed E-state index contributed by atoms with van der Waals surface area (Å²) in [6.07, 6.45) is 8.66. The first kappa shape index (κ1) is 19.8. The fourth-order valence-corrected chi connectivity index (χ4v) is 3.29. The van der Waals surface area contributed by atoms with Gasteiger partial charge in [-0.05, 0) is 26.0 Å². The highest BCUT2D eigenvalue weighted by atomic mass is 35.5. The molecule has 0 fully saturated rings. The van der Waals surface area contributed by atoms with Gasteiger partial charge in [0.25, 0.3) is 5.91 Å². The van der Waals surface area contributed by atoms with Crippen LogP contribution in [0.1, 0.15) is 30.0 Å². The zero-order valence-corrected chi connectivity index (χ0v) is 17.4. The van der Waals surface area contributed by atoms with Gasteiger partial charge in [0.05, 0.1) is 35.3 Å². The second-order valence-electron chi connectivity index (χ2n) is 6.62. The van der Waals surface area contributed by atoms with E-state index in [9.17, 15) is 4.79 Å². The molecular weight excluding hydrogens is 404 g/mol. The summed E-state index contributed by atoms with van der Waals surface area (Å²) in [6, 6.07) is 5.83. The van der Waals surface area contributed by atoms with E-state index in [4.69, 9.17) is 11.6 Å². The molecule has 1 N–H and O–H groups in total. The van der Waals surface area contributed by atoms with Gasteiger partial charge in [-0.15, -0.1) is 0 Å². The van der Waals surface area contributed by atoms with E-state index in [2.05, 4.69) is 25.4 Å². The number of aromatic nitrogens is 6. The van der Waals surface area contributed by atoms with E-state index in [1.807, 2.05) is 53.7 Å². The van der Waals surface area contributed by atoms with Gasteiger partial charge in [0, 0.05) is 31.7 Å². The molecule has 0 aliphatic carbocycles. The molecule has 9 nitrogen and oxygen atoms in total. The molecule has 4 aromatic rings. The van der Waals surface area contributed by atoms with Crippen LogP contribution in [0.3, 0.4) is 0 Å². The first-order chi connectivity index (χ1) is 14.6. The summed E-state index contributed by atoms with van der Waals surface area (Å²) in [5.41, 5.74) is 2.41. The molecule has 0 aromatic carbocycles. The number of hydrogen-bond acceptors (Lipinski definition) is 6. The number of fused-ring (bicyclic) bond motifs is 1. The second kappa shape index (κ2) is 8.50. The molecule has 4 rings (SSSR count). The maximum Gasteiger partial charge on any atom is 0.276 e. The van der Waals surface area contributed by atoms with Gasteiger partial charge >= 0.3 is 0 Å². The van der Waals surface area contributed by atoms with Crippen LogP contribution in [0.15, 0.2) is 49.2 Å². The Balaban J connectivity index is 1.48. The average molecular weight is 425 g/mol. The molecule has 0 saturated heterocycles. The van der Waals surface area contributed by atoms with E-state index in [0.717, 1.165) is 24.4 Å². The lowest BCUT2D eigenvalue weighted by Crippen LogP contribution is -2.25. The Hall–Kier alpha value is -3.46. The van der Waals surface area contributed by atoms with Gasteiger partial charge in [-0.2, -0.15) is 5.10 Å². The number of hydrogen-bond donors (Lipinski definition) is 1. The lowest BCUT2D eigenvalue weighted by Gasteiger charge is -2.18. The third-order valence-electron chi connectivity index (χ3n) is 4.62. The van der Waals surface area contributed by atoms with Crippen LogP contribution in [-0.2, 0) is 6.54 Å². The van der Waals surface area contributed by atoms with Crippen molar-refractivity contribution in [2.75, 3.05) is 23.3 Å². The topological polar surface area (TPSA) is 93.2 Å². The average Bonchev–Trinajstić information content (AvgIpc) is 3.36. The van der Waals surface area contributed by atoms with Gasteiger partial charge < -0.3 is 14.6 Å². The first-order valence-electron chi connectivity index (χ1n) is 9.61. The Kier molecular flexibility index (Phi) is 5.62. The van der Waals surface area contributed by atoms with Crippen LogP contribution in [0.4, 0.5) is 11.6 Å². The van der Waals surface area contributed by atoms with Crippen molar-refractivity contribution < 1.29 is 4.79 Å². The number of halogens is 1. The molecule has 0 aliphatic rings. The van der Waals surface area contributed by atoms with Crippen molar-refractivity contribution in [2.24, 2.45) is 0 Å². The molecule has 154 valence electrons. The number of pyridine rings is 1. The summed E-state index contributed by atoms with van der Waals surface area (Å²) in [5, 5.41) is 7.29. The fourth-order valence-electron chi connectivity index (χ4n) is 3.11. The summed E-state index contributed by atoms with van der Waals surface area (Å²) >= 11 is 6.16. The van der Waals surface area contributed by atoms with Gasteiger partial charge in [0.15, 0.2) is 5.69 Å². The molecule has 0 atom stereocenters. The minimum absolute atomic E-state index is 0.127. The highest BCUT2D eigenvalue weighted by molar-refractivity contribution is 6.34. The van der Waals surface area contributed by atoms with Crippen LogP contribution >= 0.6 is 11.6 Å². The van der Waals surface area contributed by atoms with E-state index in [1.54, 1.807) is 17.1 Å². The number of rotatable bonds is 7.